The van der Waals surface area contributed by atoms with Crippen molar-refractivity contribution in [2.75, 3.05) is 13.1 Å². The molecule has 1 unspecified atom stereocenters. The largest absolute Gasteiger partial charge is 0.301 e. The van der Waals surface area contributed by atoms with Crippen LogP contribution in [0.25, 0.3) is 0 Å². The Morgan fingerprint density at radius 1 is 0.464 bits per heavy atom. The van der Waals surface area contributed by atoms with Crippen molar-refractivity contribution < 1.29 is 0 Å². The summed E-state index contributed by atoms with van der Waals surface area (Å²) in [6, 6.07) is 0.783. The maximum absolute atomic E-state index is 2.65. The number of rotatable bonds is 23. The fourth-order valence-corrected chi connectivity index (χ4v) is 4.50. The van der Waals surface area contributed by atoms with Crippen LogP contribution in [0.1, 0.15) is 156 Å². The van der Waals surface area contributed by atoms with Crippen molar-refractivity contribution in [2.24, 2.45) is 0 Å². The van der Waals surface area contributed by atoms with Crippen molar-refractivity contribution in [3.05, 3.63) is 0 Å². The molecule has 0 heterocycles. The van der Waals surface area contributed by atoms with E-state index in [1.54, 1.807) is 0 Å². The van der Waals surface area contributed by atoms with Crippen molar-refractivity contribution in [3.8, 4) is 0 Å². The lowest BCUT2D eigenvalue weighted by atomic mass is 10.0. The number of nitrogens with zero attached hydrogens (tertiary/aromatic N) is 1. The molecule has 0 aliphatic carbocycles. The minimum atomic E-state index is 0.783. The summed E-state index contributed by atoms with van der Waals surface area (Å²) in [4.78, 5) is 2.65. The lowest BCUT2D eigenvalue weighted by molar-refractivity contribution is 0.206. The van der Waals surface area contributed by atoms with E-state index in [0.717, 1.165) is 6.04 Å². The van der Waals surface area contributed by atoms with Crippen LogP contribution in [0.4, 0.5) is 0 Å². The summed E-state index contributed by atoms with van der Waals surface area (Å²) >= 11 is 0. The summed E-state index contributed by atoms with van der Waals surface area (Å²) in [6.07, 6.45) is 29.1. The molecule has 0 aromatic rings. The summed E-state index contributed by atoms with van der Waals surface area (Å²) in [7, 11) is 0. The van der Waals surface area contributed by atoms with Crippen LogP contribution in [-0.4, -0.2) is 24.0 Å². The van der Waals surface area contributed by atoms with Gasteiger partial charge in [0.15, 0.2) is 0 Å². The molecule has 28 heavy (non-hydrogen) atoms. The van der Waals surface area contributed by atoms with Crippen LogP contribution >= 0.6 is 0 Å². The van der Waals surface area contributed by atoms with Gasteiger partial charge in [-0.3, -0.25) is 0 Å². The van der Waals surface area contributed by atoms with Crippen molar-refractivity contribution in [1.82, 2.24) is 4.90 Å². The Morgan fingerprint density at radius 3 is 1.14 bits per heavy atom. The lowest BCUT2D eigenvalue weighted by Gasteiger charge is -2.27. The summed E-state index contributed by atoms with van der Waals surface area (Å²) in [5, 5.41) is 0. The van der Waals surface area contributed by atoms with Gasteiger partial charge in [-0.2, -0.15) is 0 Å². The Kier molecular flexibility index (Phi) is 23.2. The molecule has 1 heteroatoms. The highest BCUT2D eigenvalue weighted by Gasteiger charge is 2.09. The van der Waals surface area contributed by atoms with Gasteiger partial charge in [0.25, 0.3) is 0 Å². The van der Waals surface area contributed by atoms with E-state index in [1.165, 1.54) is 142 Å². The summed E-state index contributed by atoms with van der Waals surface area (Å²) < 4.78 is 0. The van der Waals surface area contributed by atoms with E-state index < -0.39 is 0 Å². The van der Waals surface area contributed by atoms with Crippen LogP contribution in [0.2, 0.25) is 0 Å². The van der Waals surface area contributed by atoms with Crippen LogP contribution < -0.4 is 0 Å². The smallest absolute Gasteiger partial charge is 0.00668 e. The Labute approximate surface area is 180 Å². The van der Waals surface area contributed by atoms with E-state index in [-0.39, 0.29) is 0 Å². The topological polar surface area (TPSA) is 3.24 Å². The third kappa shape index (κ3) is 19.3. The first kappa shape index (κ1) is 28.0. The summed E-state index contributed by atoms with van der Waals surface area (Å²) in [5.74, 6) is 0. The van der Waals surface area contributed by atoms with Gasteiger partial charge in [-0.1, -0.05) is 136 Å². The van der Waals surface area contributed by atoms with E-state index in [1.807, 2.05) is 0 Å². The molecule has 0 saturated carbocycles. The predicted molar refractivity (Wildman–Crippen MR) is 130 cm³/mol. The molecule has 0 amide bonds. The second-order valence-corrected chi connectivity index (χ2v) is 9.28. The van der Waals surface area contributed by atoms with Gasteiger partial charge in [0.2, 0.25) is 0 Å². The molecule has 0 aliphatic rings. The van der Waals surface area contributed by atoms with Crippen LogP contribution in [0.15, 0.2) is 0 Å². The average Bonchev–Trinajstić information content (AvgIpc) is 2.70. The molecule has 0 aromatic carbocycles. The van der Waals surface area contributed by atoms with Gasteiger partial charge in [-0.25, -0.2) is 0 Å². The highest BCUT2D eigenvalue weighted by molar-refractivity contribution is 4.65. The molecular weight excluding hydrogens is 338 g/mol. The standard InChI is InChI=1S/C27H57N/c1-5-8-9-10-11-12-13-14-15-16-17-18-19-20-21-22-23-24-25-27(4)28(7-3)26-6-2/h27H,5-26H2,1-4H3. The van der Waals surface area contributed by atoms with Gasteiger partial charge in [0.1, 0.15) is 0 Å². The first-order valence-electron chi connectivity index (χ1n) is 13.5. The quantitative estimate of drug-likeness (QED) is 0.156. The van der Waals surface area contributed by atoms with Gasteiger partial charge in [0, 0.05) is 6.04 Å². The third-order valence-corrected chi connectivity index (χ3v) is 6.52. The fourth-order valence-electron chi connectivity index (χ4n) is 4.50. The molecule has 0 aromatic heterocycles. The molecule has 0 aliphatic heterocycles. The fraction of sp³-hybridized carbons (Fsp3) is 1.00. The van der Waals surface area contributed by atoms with Gasteiger partial charge >= 0.3 is 0 Å². The van der Waals surface area contributed by atoms with E-state index >= 15 is 0 Å². The van der Waals surface area contributed by atoms with Crippen molar-refractivity contribution in [2.45, 2.75) is 162 Å². The Bertz CT molecular complexity index is 275. The van der Waals surface area contributed by atoms with Gasteiger partial charge in [-0.15, -0.1) is 0 Å². The molecular formula is C27H57N. The molecule has 170 valence electrons. The first-order chi connectivity index (χ1) is 13.8. The zero-order valence-corrected chi connectivity index (χ0v) is 20.6. The van der Waals surface area contributed by atoms with Crippen LogP contribution in [0, 0.1) is 0 Å². The van der Waals surface area contributed by atoms with Gasteiger partial charge in [-0.05, 0) is 32.9 Å². The zero-order chi connectivity index (χ0) is 20.7. The van der Waals surface area contributed by atoms with Crippen molar-refractivity contribution >= 4 is 0 Å². The Hall–Kier alpha value is -0.0400. The minimum Gasteiger partial charge on any atom is -0.301 e. The van der Waals surface area contributed by atoms with E-state index in [4.69, 9.17) is 0 Å². The number of hydrogen-bond donors (Lipinski definition) is 0. The molecule has 0 bridgehead atoms. The van der Waals surface area contributed by atoms with Crippen LogP contribution in [0.5, 0.6) is 0 Å². The first-order valence-corrected chi connectivity index (χ1v) is 13.5. The van der Waals surface area contributed by atoms with Crippen LogP contribution in [-0.2, 0) is 0 Å². The highest BCUT2D eigenvalue weighted by atomic mass is 15.1. The van der Waals surface area contributed by atoms with Gasteiger partial charge < -0.3 is 4.90 Å². The molecule has 1 nitrogen and oxygen atoms in total. The summed E-state index contributed by atoms with van der Waals surface area (Å²) in [6.45, 7) is 11.8. The molecule has 0 rings (SSSR count). The summed E-state index contributed by atoms with van der Waals surface area (Å²) in [5.41, 5.74) is 0. The molecule has 0 saturated heterocycles. The number of hydrogen-bond acceptors (Lipinski definition) is 1. The highest BCUT2D eigenvalue weighted by Crippen LogP contribution is 2.15. The molecule has 0 N–H and O–H groups in total. The minimum absolute atomic E-state index is 0.783. The van der Waals surface area contributed by atoms with E-state index in [0.29, 0.717) is 0 Å². The van der Waals surface area contributed by atoms with E-state index in [9.17, 15) is 0 Å². The Balaban J connectivity index is 3.18. The van der Waals surface area contributed by atoms with Crippen molar-refractivity contribution in [3.63, 3.8) is 0 Å². The SMILES string of the molecule is CCCCCCCCCCCCCCCCCCCCC(C)N(CC)CCC. The molecule has 0 spiro atoms. The predicted octanol–water partition coefficient (Wildman–Crippen LogP) is 9.54. The number of unbranched alkanes of at least 4 members (excludes halogenated alkanes) is 17. The van der Waals surface area contributed by atoms with Crippen molar-refractivity contribution in [1.29, 1.82) is 0 Å². The lowest BCUT2D eigenvalue weighted by Crippen LogP contribution is -2.33. The van der Waals surface area contributed by atoms with Crippen LogP contribution in [0.3, 0.4) is 0 Å². The second kappa shape index (κ2) is 23.2. The van der Waals surface area contributed by atoms with Gasteiger partial charge in [0.05, 0.1) is 0 Å². The zero-order valence-electron chi connectivity index (χ0n) is 20.6. The van der Waals surface area contributed by atoms with E-state index in [2.05, 4.69) is 32.6 Å². The monoisotopic (exact) mass is 395 g/mol. The second-order valence-electron chi connectivity index (χ2n) is 9.28. The molecule has 1 atom stereocenters. The molecule has 0 fully saturated rings. The maximum atomic E-state index is 2.65. The normalized spacial score (nSPS) is 12.8. The Morgan fingerprint density at radius 2 is 0.821 bits per heavy atom. The third-order valence-electron chi connectivity index (χ3n) is 6.52. The average molecular weight is 396 g/mol. The molecule has 0 radical (unpaired) electrons. The maximum Gasteiger partial charge on any atom is 0.00668 e.